The third kappa shape index (κ3) is 1.04. The van der Waals surface area contributed by atoms with Gasteiger partial charge >= 0.3 is 0 Å². The van der Waals surface area contributed by atoms with Crippen molar-refractivity contribution in [2.75, 3.05) is 6.54 Å². The average molecular weight is 206 g/mol. The van der Waals surface area contributed by atoms with Crippen LogP contribution in [-0.2, 0) is 4.79 Å². The van der Waals surface area contributed by atoms with E-state index in [4.69, 9.17) is 0 Å². The summed E-state index contributed by atoms with van der Waals surface area (Å²) in [6.07, 6.45) is 2.67. The lowest BCUT2D eigenvalue weighted by Gasteiger charge is -2.27. The maximum atomic E-state index is 11.8. The second kappa shape index (κ2) is 2.93. The first kappa shape index (κ1) is 8.20. The normalized spacial score (nSPS) is 24.7. The molecule has 0 bridgehead atoms. The Labute approximate surface area is 85.1 Å². The third-order valence-corrected chi connectivity index (χ3v) is 3.60. The van der Waals surface area contributed by atoms with E-state index >= 15 is 0 Å². The first-order valence-corrected chi connectivity index (χ1v) is 5.56. The van der Waals surface area contributed by atoms with Crippen molar-refractivity contribution >= 4 is 28.9 Å². The molecule has 0 saturated carbocycles. The lowest BCUT2D eigenvalue weighted by Crippen LogP contribution is -2.49. The first-order chi connectivity index (χ1) is 6.86. The molecule has 0 radical (unpaired) electrons. The van der Waals surface area contributed by atoms with Crippen LogP contribution in [0.3, 0.4) is 0 Å². The summed E-state index contributed by atoms with van der Waals surface area (Å²) in [5, 5.41) is 3.21. The van der Waals surface area contributed by atoms with Crippen molar-refractivity contribution in [1.29, 1.82) is 0 Å². The number of ketones is 1. The molecular formula is C10H10N2OS. The van der Waals surface area contributed by atoms with Crippen molar-refractivity contribution in [2.24, 2.45) is 5.92 Å². The fourth-order valence-corrected chi connectivity index (χ4v) is 2.87. The van der Waals surface area contributed by atoms with Crippen molar-refractivity contribution in [1.82, 2.24) is 10.9 Å². The number of hydrogen-bond donors (Lipinski definition) is 2. The van der Waals surface area contributed by atoms with Gasteiger partial charge < -0.3 is 5.43 Å². The molecule has 3 nitrogen and oxygen atoms in total. The zero-order chi connectivity index (χ0) is 9.54. The highest BCUT2D eigenvalue weighted by Crippen LogP contribution is 2.18. The fourth-order valence-electron chi connectivity index (χ4n) is 2.03. The molecule has 0 amide bonds. The number of rotatable bonds is 0. The van der Waals surface area contributed by atoms with Crippen molar-refractivity contribution in [3.05, 3.63) is 21.2 Å². The SMILES string of the molecule is O=C1C=c2sccc2=C2NNCCC12. The van der Waals surface area contributed by atoms with Crippen LogP contribution in [0.15, 0.2) is 11.4 Å². The van der Waals surface area contributed by atoms with Crippen molar-refractivity contribution in [3.8, 4) is 0 Å². The van der Waals surface area contributed by atoms with Crippen LogP contribution in [0.2, 0.25) is 0 Å². The molecule has 0 aromatic carbocycles. The summed E-state index contributed by atoms with van der Waals surface area (Å²) in [5.41, 5.74) is 7.27. The second-order valence-corrected chi connectivity index (χ2v) is 4.50. The molecule has 1 atom stereocenters. The van der Waals surface area contributed by atoms with Crippen molar-refractivity contribution in [2.45, 2.75) is 6.42 Å². The summed E-state index contributed by atoms with van der Waals surface area (Å²) in [5.74, 6) is 0.294. The van der Waals surface area contributed by atoms with Gasteiger partial charge in [-0.25, -0.2) is 5.43 Å². The summed E-state index contributed by atoms with van der Waals surface area (Å²) < 4.78 is 1.08. The lowest BCUT2D eigenvalue weighted by atomic mass is 9.91. The van der Waals surface area contributed by atoms with Crippen LogP contribution >= 0.6 is 11.3 Å². The van der Waals surface area contributed by atoms with Gasteiger partial charge in [0.2, 0.25) is 0 Å². The number of carbonyl (C=O) groups excluding carboxylic acids is 1. The summed E-state index contributed by atoms with van der Waals surface area (Å²) in [7, 11) is 0. The van der Waals surface area contributed by atoms with Crippen LogP contribution < -0.4 is 20.6 Å². The Morgan fingerprint density at radius 1 is 1.50 bits per heavy atom. The quantitative estimate of drug-likeness (QED) is 0.592. The van der Waals surface area contributed by atoms with Crippen molar-refractivity contribution < 1.29 is 4.79 Å². The van der Waals surface area contributed by atoms with E-state index in [0.717, 1.165) is 23.2 Å². The number of carbonyl (C=O) groups is 1. The summed E-state index contributed by atoms with van der Waals surface area (Å²) in [4.78, 5) is 11.8. The Bertz CT molecular complexity index is 502. The van der Waals surface area contributed by atoms with Crippen LogP contribution in [0.25, 0.3) is 11.8 Å². The second-order valence-electron chi connectivity index (χ2n) is 3.55. The topological polar surface area (TPSA) is 41.1 Å². The molecule has 2 N–H and O–H groups in total. The van der Waals surface area contributed by atoms with E-state index in [1.807, 2.05) is 5.38 Å². The van der Waals surface area contributed by atoms with E-state index < -0.39 is 0 Å². The monoisotopic (exact) mass is 206 g/mol. The van der Waals surface area contributed by atoms with E-state index in [2.05, 4.69) is 16.9 Å². The van der Waals surface area contributed by atoms with Crippen LogP contribution in [0.1, 0.15) is 6.42 Å². The van der Waals surface area contributed by atoms with Gasteiger partial charge in [-0.3, -0.25) is 4.79 Å². The van der Waals surface area contributed by atoms with Gasteiger partial charge in [0, 0.05) is 22.0 Å². The van der Waals surface area contributed by atoms with E-state index in [1.165, 1.54) is 5.22 Å². The smallest absolute Gasteiger partial charge is 0.166 e. The largest absolute Gasteiger partial charge is 0.324 e. The van der Waals surface area contributed by atoms with Gasteiger partial charge in [-0.05, 0) is 23.9 Å². The highest BCUT2D eigenvalue weighted by Gasteiger charge is 2.27. The highest BCUT2D eigenvalue weighted by molar-refractivity contribution is 7.07. The summed E-state index contributed by atoms with van der Waals surface area (Å²) >= 11 is 1.62. The van der Waals surface area contributed by atoms with Gasteiger partial charge in [-0.1, -0.05) is 0 Å². The maximum absolute atomic E-state index is 11.8. The van der Waals surface area contributed by atoms with Gasteiger partial charge in [0.05, 0.1) is 5.92 Å². The minimum absolute atomic E-state index is 0.0540. The molecule has 4 heteroatoms. The number of nitrogens with one attached hydrogen (secondary N) is 2. The Balaban J connectivity index is 2.32. The van der Waals surface area contributed by atoms with Crippen LogP contribution in [0.5, 0.6) is 0 Å². The van der Waals surface area contributed by atoms with Gasteiger partial charge in [-0.2, -0.15) is 0 Å². The Morgan fingerprint density at radius 3 is 3.36 bits per heavy atom. The standard InChI is InChI=1S/C10H10N2OS/c13-8-5-9-7(2-4-14-9)10-6(8)1-3-11-12-10/h2,4-6,11-12H,1,3H2. The van der Waals surface area contributed by atoms with E-state index in [0.29, 0.717) is 0 Å². The Kier molecular flexibility index (Phi) is 1.72. The molecule has 3 rings (SSSR count). The maximum Gasteiger partial charge on any atom is 0.166 e. The number of Topliss-reactive ketones (excluding diaryl/α,β-unsaturated/α-hetero) is 1. The predicted molar refractivity (Wildman–Crippen MR) is 55.7 cm³/mol. The fraction of sp³-hybridized carbons (Fsp3) is 0.300. The highest BCUT2D eigenvalue weighted by atomic mass is 32.1. The molecule has 1 fully saturated rings. The molecule has 2 heterocycles. The molecule has 72 valence electrons. The summed E-state index contributed by atoms with van der Waals surface area (Å²) in [6, 6.07) is 2.07. The molecule has 1 aliphatic carbocycles. The molecule has 1 unspecified atom stereocenters. The molecule has 1 aliphatic heterocycles. The molecule has 1 aromatic heterocycles. The zero-order valence-corrected chi connectivity index (χ0v) is 8.36. The van der Waals surface area contributed by atoms with E-state index in [-0.39, 0.29) is 11.7 Å². The molecule has 14 heavy (non-hydrogen) atoms. The summed E-state index contributed by atoms with van der Waals surface area (Å²) in [6.45, 7) is 0.854. The van der Waals surface area contributed by atoms with Gasteiger partial charge in [0.25, 0.3) is 0 Å². The molecule has 1 aromatic rings. The minimum atomic E-state index is 0.0540. The molecule has 0 spiro atoms. The first-order valence-electron chi connectivity index (χ1n) is 4.68. The molecular weight excluding hydrogens is 196 g/mol. The number of thiophene rings is 1. The third-order valence-electron chi connectivity index (χ3n) is 2.73. The van der Waals surface area contributed by atoms with E-state index in [1.54, 1.807) is 17.4 Å². The lowest BCUT2D eigenvalue weighted by molar-refractivity contribution is -0.115. The van der Waals surface area contributed by atoms with Gasteiger partial charge in [-0.15, -0.1) is 11.3 Å². The van der Waals surface area contributed by atoms with Gasteiger partial charge in [0.1, 0.15) is 0 Å². The minimum Gasteiger partial charge on any atom is -0.324 e. The van der Waals surface area contributed by atoms with E-state index in [9.17, 15) is 4.79 Å². The number of fused-ring (bicyclic) bond motifs is 2. The number of hydrogen-bond acceptors (Lipinski definition) is 4. The van der Waals surface area contributed by atoms with Gasteiger partial charge in [0.15, 0.2) is 5.78 Å². The predicted octanol–water partition coefficient (Wildman–Crippen LogP) is -0.666. The van der Waals surface area contributed by atoms with Crippen molar-refractivity contribution in [3.63, 3.8) is 0 Å². The average Bonchev–Trinajstić information content (AvgIpc) is 2.66. The Morgan fingerprint density at radius 2 is 2.43 bits per heavy atom. The zero-order valence-electron chi connectivity index (χ0n) is 7.54. The van der Waals surface area contributed by atoms with Crippen LogP contribution in [-0.4, -0.2) is 12.3 Å². The molecule has 1 saturated heterocycles. The van der Waals surface area contributed by atoms with Crippen LogP contribution in [0, 0.1) is 5.92 Å². The van der Waals surface area contributed by atoms with Crippen LogP contribution in [0.4, 0.5) is 0 Å². The molecule has 2 aliphatic rings. The number of hydrazine groups is 1. The Hall–Kier alpha value is -1.13.